The van der Waals surface area contributed by atoms with Crippen LogP contribution in [0.25, 0.3) is 11.8 Å². The van der Waals surface area contributed by atoms with Crippen molar-refractivity contribution < 1.29 is 18.0 Å². The number of anilines is 1. The molecule has 2 aromatic carbocycles. The number of benzene rings is 2. The summed E-state index contributed by atoms with van der Waals surface area (Å²) in [5.41, 5.74) is 0.871. The third-order valence-corrected chi connectivity index (χ3v) is 4.37. The van der Waals surface area contributed by atoms with Crippen molar-refractivity contribution in [1.29, 1.82) is 0 Å². The fourth-order valence-corrected chi connectivity index (χ4v) is 2.76. The molecule has 1 heterocycles. The monoisotopic (exact) mass is 413 g/mol. The van der Waals surface area contributed by atoms with E-state index in [1.807, 2.05) is 51.1 Å². The number of hydrogen-bond acceptors (Lipinski definition) is 2. The smallest absolute Gasteiger partial charge is 0.307 e. The van der Waals surface area contributed by atoms with Gasteiger partial charge in [-0.2, -0.15) is 18.3 Å². The van der Waals surface area contributed by atoms with Gasteiger partial charge in [0, 0.05) is 17.6 Å². The number of aromatic nitrogens is 2. The number of amides is 1. The molecule has 7 heteroatoms. The summed E-state index contributed by atoms with van der Waals surface area (Å²) < 4.78 is 40.2. The molecule has 0 saturated heterocycles. The number of nitrogens with zero attached hydrogens (tertiary/aromatic N) is 2. The second-order valence-electron chi connectivity index (χ2n) is 7.86. The number of nitrogens with one attached hydrogen (secondary N) is 1. The minimum absolute atomic E-state index is 0.229. The molecule has 4 nitrogen and oxygen atoms in total. The van der Waals surface area contributed by atoms with Gasteiger partial charge in [0.25, 0.3) is 0 Å². The van der Waals surface area contributed by atoms with E-state index in [1.54, 1.807) is 10.7 Å². The molecule has 0 aliphatic heterocycles. The van der Waals surface area contributed by atoms with Crippen molar-refractivity contribution >= 4 is 17.8 Å². The van der Waals surface area contributed by atoms with Crippen LogP contribution in [0.5, 0.6) is 0 Å². The van der Waals surface area contributed by atoms with Crippen LogP contribution in [-0.4, -0.2) is 15.7 Å². The lowest BCUT2D eigenvalue weighted by Crippen LogP contribution is -2.13. The van der Waals surface area contributed by atoms with Gasteiger partial charge >= 0.3 is 6.18 Å². The van der Waals surface area contributed by atoms with Crippen molar-refractivity contribution in [2.45, 2.75) is 32.4 Å². The Morgan fingerprint density at radius 1 is 1.00 bits per heavy atom. The van der Waals surface area contributed by atoms with Crippen LogP contribution in [0, 0.1) is 0 Å². The van der Waals surface area contributed by atoms with Gasteiger partial charge in [0.2, 0.25) is 5.91 Å². The highest BCUT2D eigenvalue weighted by Crippen LogP contribution is 2.30. The van der Waals surface area contributed by atoms with E-state index in [0.29, 0.717) is 5.82 Å². The van der Waals surface area contributed by atoms with Crippen molar-refractivity contribution in [3.63, 3.8) is 0 Å². The molecule has 0 unspecified atom stereocenters. The topological polar surface area (TPSA) is 46.9 Å². The van der Waals surface area contributed by atoms with Crippen LogP contribution in [-0.2, 0) is 16.4 Å². The van der Waals surface area contributed by atoms with Gasteiger partial charge in [0.15, 0.2) is 0 Å². The van der Waals surface area contributed by atoms with Crippen LogP contribution in [0.4, 0.5) is 19.0 Å². The average molecular weight is 413 g/mol. The number of hydrogen-bond donors (Lipinski definition) is 1. The minimum Gasteiger partial charge on any atom is -0.307 e. The molecule has 30 heavy (non-hydrogen) atoms. The van der Waals surface area contributed by atoms with Crippen LogP contribution >= 0.6 is 0 Å². The molecule has 0 atom stereocenters. The van der Waals surface area contributed by atoms with Crippen molar-refractivity contribution in [1.82, 2.24) is 9.78 Å². The van der Waals surface area contributed by atoms with Gasteiger partial charge in [-0.3, -0.25) is 4.79 Å². The first-order chi connectivity index (χ1) is 14.0. The predicted octanol–water partition coefficient (Wildman–Crippen LogP) is 5.84. The summed E-state index contributed by atoms with van der Waals surface area (Å²) in [6.45, 7) is 6.05. The van der Waals surface area contributed by atoms with Crippen LogP contribution in [0.3, 0.4) is 0 Å². The average Bonchev–Trinajstić information content (AvgIpc) is 3.11. The third-order valence-electron chi connectivity index (χ3n) is 4.37. The number of rotatable bonds is 4. The summed E-state index contributed by atoms with van der Waals surface area (Å²) in [4.78, 5) is 12.4. The van der Waals surface area contributed by atoms with E-state index >= 15 is 0 Å². The molecular weight excluding hydrogens is 391 g/mol. The third kappa shape index (κ3) is 5.17. The van der Waals surface area contributed by atoms with Gasteiger partial charge in [-0.05, 0) is 35.9 Å². The highest BCUT2D eigenvalue weighted by Gasteiger charge is 2.30. The lowest BCUT2D eigenvalue weighted by molar-refractivity contribution is -0.137. The number of para-hydroxylation sites is 1. The SMILES string of the molecule is CC(C)(C)c1cc(NC(=O)C=Cc2cccc(C(F)(F)F)c2)n(-c2ccccc2)n1. The summed E-state index contributed by atoms with van der Waals surface area (Å²) in [5, 5.41) is 7.38. The molecule has 1 amide bonds. The molecule has 3 rings (SSSR count). The quantitative estimate of drug-likeness (QED) is 0.546. The van der Waals surface area contributed by atoms with E-state index in [9.17, 15) is 18.0 Å². The molecule has 0 fully saturated rings. The maximum Gasteiger partial charge on any atom is 0.416 e. The molecule has 0 radical (unpaired) electrons. The predicted molar refractivity (Wildman–Crippen MR) is 111 cm³/mol. The Morgan fingerprint density at radius 2 is 1.70 bits per heavy atom. The lowest BCUT2D eigenvalue weighted by atomic mass is 9.92. The van der Waals surface area contributed by atoms with Gasteiger partial charge in [0.1, 0.15) is 5.82 Å². The highest BCUT2D eigenvalue weighted by atomic mass is 19.4. The highest BCUT2D eigenvalue weighted by molar-refractivity contribution is 6.01. The maximum atomic E-state index is 12.8. The maximum absolute atomic E-state index is 12.8. The van der Waals surface area contributed by atoms with Gasteiger partial charge in [-0.25, -0.2) is 4.68 Å². The van der Waals surface area contributed by atoms with Crippen molar-refractivity contribution in [2.75, 3.05) is 5.32 Å². The Bertz CT molecular complexity index is 1060. The fourth-order valence-electron chi connectivity index (χ4n) is 2.76. The van der Waals surface area contributed by atoms with E-state index in [-0.39, 0.29) is 11.0 Å². The van der Waals surface area contributed by atoms with Crippen LogP contribution in [0.2, 0.25) is 0 Å². The zero-order valence-corrected chi connectivity index (χ0v) is 16.9. The van der Waals surface area contributed by atoms with E-state index in [2.05, 4.69) is 10.4 Å². The zero-order chi connectivity index (χ0) is 21.9. The Morgan fingerprint density at radius 3 is 2.33 bits per heavy atom. The number of carbonyl (C=O) groups is 1. The van der Waals surface area contributed by atoms with E-state index in [0.717, 1.165) is 23.5 Å². The van der Waals surface area contributed by atoms with E-state index in [4.69, 9.17) is 0 Å². The molecule has 1 aromatic heterocycles. The second kappa shape index (κ2) is 8.18. The first kappa shape index (κ1) is 21.4. The zero-order valence-electron chi connectivity index (χ0n) is 16.9. The van der Waals surface area contributed by atoms with E-state index in [1.165, 1.54) is 24.3 Å². The fraction of sp³-hybridized carbons (Fsp3) is 0.217. The lowest BCUT2D eigenvalue weighted by Gasteiger charge is -2.14. The molecule has 3 aromatic rings. The summed E-state index contributed by atoms with van der Waals surface area (Å²) in [6, 6.07) is 15.9. The first-order valence-electron chi connectivity index (χ1n) is 9.36. The Labute approximate surface area is 173 Å². The Balaban J connectivity index is 1.85. The van der Waals surface area contributed by atoms with Gasteiger partial charge in [0.05, 0.1) is 16.9 Å². The minimum atomic E-state index is -4.43. The number of carbonyl (C=O) groups excluding carboxylic acids is 1. The summed E-state index contributed by atoms with van der Waals surface area (Å²) in [5.74, 6) is 0.00905. The Hall–Kier alpha value is -3.35. The van der Waals surface area contributed by atoms with Crippen LogP contribution < -0.4 is 5.32 Å². The molecule has 0 saturated carbocycles. The van der Waals surface area contributed by atoms with E-state index < -0.39 is 17.6 Å². The number of halogens is 3. The van der Waals surface area contributed by atoms with Crippen molar-refractivity contribution in [3.8, 4) is 5.69 Å². The van der Waals surface area contributed by atoms with Crippen LogP contribution in [0.15, 0.2) is 66.7 Å². The molecular formula is C23H22F3N3O. The molecule has 0 spiro atoms. The molecule has 0 bridgehead atoms. The Kier molecular flexibility index (Phi) is 5.82. The van der Waals surface area contributed by atoms with Crippen molar-refractivity contribution in [3.05, 3.63) is 83.6 Å². The summed E-state index contributed by atoms with van der Waals surface area (Å²) in [7, 11) is 0. The summed E-state index contributed by atoms with van der Waals surface area (Å²) in [6.07, 6.45) is -1.88. The van der Waals surface area contributed by atoms with Crippen LogP contribution in [0.1, 0.15) is 37.6 Å². The van der Waals surface area contributed by atoms with Crippen molar-refractivity contribution in [2.24, 2.45) is 0 Å². The van der Waals surface area contributed by atoms with Gasteiger partial charge < -0.3 is 5.32 Å². The molecule has 156 valence electrons. The molecule has 1 N–H and O–H groups in total. The van der Waals surface area contributed by atoms with Gasteiger partial charge in [-0.15, -0.1) is 0 Å². The van der Waals surface area contributed by atoms with Gasteiger partial charge in [-0.1, -0.05) is 51.1 Å². The number of alkyl halides is 3. The standard InChI is InChI=1S/C23H22F3N3O/c1-22(2,3)19-15-20(29(28-19)18-10-5-4-6-11-18)27-21(30)13-12-16-8-7-9-17(14-16)23(24,25)26/h4-15H,1-3H3,(H,27,30). The first-order valence-corrected chi connectivity index (χ1v) is 9.36. The normalized spacial score (nSPS) is 12.3. The largest absolute Gasteiger partial charge is 0.416 e. The molecule has 0 aliphatic rings. The summed E-state index contributed by atoms with van der Waals surface area (Å²) >= 11 is 0. The molecule has 0 aliphatic carbocycles. The second-order valence-corrected chi connectivity index (χ2v) is 7.86.